The van der Waals surface area contributed by atoms with Crippen LogP contribution in [0.1, 0.15) is 111 Å². The monoisotopic (exact) mass is 778 g/mol. The molecule has 3 N–H and O–H groups in total. The van der Waals surface area contributed by atoms with Crippen molar-refractivity contribution in [2.24, 2.45) is 0 Å². The molecule has 302 valence electrons. The van der Waals surface area contributed by atoms with E-state index < -0.39 is 11.9 Å². The highest BCUT2D eigenvalue weighted by atomic mass is 16.5. The van der Waals surface area contributed by atoms with Gasteiger partial charge < -0.3 is 29.9 Å². The summed E-state index contributed by atoms with van der Waals surface area (Å²) in [7, 11) is 2.14. The Balaban J connectivity index is 0.808. The number of anilines is 2. The summed E-state index contributed by atoms with van der Waals surface area (Å²) in [5.74, 6) is 1.42. The van der Waals surface area contributed by atoms with Gasteiger partial charge in [-0.15, -0.1) is 0 Å². The molecule has 4 amide bonds. The Morgan fingerprint density at radius 1 is 0.982 bits per heavy atom. The lowest BCUT2D eigenvalue weighted by Gasteiger charge is -2.29. The molecule has 1 atom stereocenters. The predicted molar refractivity (Wildman–Crippen MR) is 216 cm³/mol. The number of hydrogen-bond donors (Lipinski definition) is 3. The van der Waals surface area contributed by atoms with Crippen LogP contribution in [0.3, 0.4) is 0 Å². The van der Waals surface area contributed by atoms with Crippen LogP contribution in [0.25, 0.3) is 5.65 Å². The maximum atomic E-state index is 13.1. The Bertz CT molecular complexity index is 2070. The molecule has 1 unspecified atom stereocenters. The zero-order chi connectivity index (χ0) is 39.9. The number of nitrogens with zero attached hydrogens (tertiary/aromatic N) is 5. The van der Waals surface area contributed by atoms with Gasteiger partial charge in [-0.3, -0.25) is 24.5 Å². The Morgan fingerprint density at radius 2 is 1.75 bits per heavy atom. The molecule has 2 saturated heterocycles. The van der Waals surface area contributed by atoms with Crippen LogP contribution in [0.2, 0.25) is 0 Å². The Hall–Kier alpha value is -5.50. The van der Waals surface area contributed by atoms with Crippen molar-refractivity contribution in [3.05, 3.63) is 77.0 Å². The summed E-state index contributed by atoms with van der Waals surface area (Å²) in [6.45, 7) is 7.68. The van der Waals surface area contributed by atoms with E-state index in [4.69, 9.17) is 14.5 Å². The number of imide groups is 1. The molecule has 0 saturated carbocycles. The highest BCUT2D eigenvalue weighted by molar-refractivity contribution is 6.05. The standard InChI is InChI=1S/C43H54N8O6/c1-28(2)33-26-45-51-37(24-40(48-41(33)51)57-31-19-21-49(3)22-20-31)44-25-29-13-15-30(16-14-29)46-38(52)12-7-5-4-6-8-23-56-36-11-9-10-32-34(36)27-50(43(32)55)35-17-18-39(53)47-42(35)54/h9-11,13-16,24,26,28,31,35,44H,4-8,12,17-23,25,27H2,1-3H3,(H,46,52)(H,47,53,54). The van der Waals surface area contributed by atoms with E-state index >= 15 is 0 Å². The topological polar surface area (TPSA) is 160 Å². The molecule has 57 heavy (non-hydrogen) atoms. The van der Waals surface area contributed by atoms with Crippen molar-refractivity contribution in [2.75, 3.05) is 37.4 Å². The number of rotatable bonds is 17. The Labute approximate surface area is 333 Å². The second kappa shape index (κ2) is 18.2. The zero-order valence-corrected chi connectivity index (χ0v) is 33.2. The van der Waals surface area contributed by atoms with Crippen molar-refractivity contribution >= 4 is 40.8 Å². The van der Waals surface area contributed by atoms with Gasteiger partial charge in [0.25, 0.3) is 5.91 Å². The summed E-state index contributed by atoms with van der Waals surface area (Å²) in [4.78, 5) is 58.4. The smallest absolute Gasteiger partial charge is 0.255 e. The maximum absolute atomic E-state index is 13.1. The average Bonchev–Trinajstić information content (AvgIpc) is 3.78. The highest BCUT2D eigenvalue weighted by Gasteiger charge is 2.40. The van der Waals surface area contributed by atoms with Crippen LogP contribution in [0.5, 0.6) is 11.6 Å². The van der Waals surface area contributed by atoms with Crippen LogP contribution in [0, 0.1) is 0 Å². The molecule has 2 fully saturated rings. The molecule has 0 spiro atoms. The number of benzene rings is 2. The lowest BCUT2D eigenvalue weighted by atomic mass is 10.0. The molecule has 0 bridgehead atoms. The van der Waals surface area contributed by atoms with Gasteiger partial charge in [0.15, 0.2) is 5.65 Å². The minimum Gasteiger partial charge on any atom is -0.493 e. The van der Waals surface area contributed by atoms with E-state index in [1.165, 1.54) is 4.90 Å². The van der Waals surface area contributed by atoms with E-state index in [2.05, 4.69) is 46.8 Å². The third kappa shape index (κ3) is 9.73. The first-order valence-corrected chi connectivity index (χ1v) is 20.4. The lowest BCUT2D eigenvalue weighted by Crippen LogP contribution is -2.52. The van der Waals surface area contributed by atoms with Gasteiger partial charge in [-0.1, -0.05) is 51.3 Å². The minimum absolute atomic E-state index is 0.000929. The second-order valence-corrected chi connectivity index (χ2v) is 15.7. The third-order valence-corrected chi connectivity index (χ3v) is 11.1. The van der Waals surface area contributed by atoms with Gasteiger partial charge in [-0.2, -0.15) is 14.6 Å². The number of unbranched alkanes of at least 4 members (excludes halogenated alkanes) is 4. The molecule has 0 aliphatic carbocycles. The maximum Gasteiger partial charge on any atom is 0.255 e. The van der Waals surface area contributed by atoms with Gasteiger partial charge in [-0.05, 0) is 74.9 Å². The first kappa shape index (κ1) is 39.7. The van der Waals surface area contributed by atoms with Crippen LogP contribution < -0.4 is 25.4 Å². The summed E-state index contributed by atoms with van der Waals surface area (Å²) < 4.78 is 14.3. The van der Waals surface area contributed by atoms with Crippen molar-refractivity contribution < 1.29 is 28.7 Å². The zero-order valence-electron chi connectivity index (χ0n) is 33.2. The van der Waals surface area contributed by atoms with Crippen molar-refractivity contribution in [1.82, 2.24) is 29.7 Å². The van der Waals surface area contributed by atoms with Crippen molar-refractivity contribution in [2.45, 2.75) is 109 Å². The van der Waals surface area contributed by atoms with Gasteiger partial charge in [-0.25, -0.2) is 0 Å². The van der Waals surface area contributed by atoms with Gasteiger partial charge in [0, 0.05) is 60.9 Å². The summed E-state index contributed by atoms with van der Waals surface area (Å²) >= 11 is 0. The number of aromatic nitrogens is 3. The number of carbonyl (C=O) groups is 4. The molecule has 14 heteroatoms. The van der Waals surface area contributed by atoms with Crippen LogP contribution in [0.15, 0.2) is 54.7 Å². The first-order chi connectivity index (χ1) is 27.6. The molecule has 3 aliphatic rings. The average molecular weight is 779 g/mol. The summed E-state index contributed by atoms with van der Waals surface area (Å²) in [5, 5.41) is 13.5. The fourth-order valence-corrected chi connectivity index (χ4v) is 7.74. The van der Waals surface area contributed by atoms with Gasteiger partial charge in [0.1, 0.15) is 23.7 Å². The van der Waals surface area contributed by atoms with Crippen molar-refractivity contribution in [3.63, 3.8) is 0 Å². The molecule has 7 rings (SSSR count). The molecular formula is C43H54N8O6. The molecular weight excluding hydrogens is 725 g/mol. The molecule has 4 aromatic rings. The number of fused-ring (bicyclic) bond motifs is 2. The van der Waals surface area contributed by atoms with E-state index in [0.717, 1.165) is 91.9 Å². The van der Waals surface area contributed by atoms with E-state index in [1.54, 1.807) is 12.1 Å². The molecule has 2 aromatic heterocycles. The Morgan fingerprint density at radius 3 is 2.53 bits per heavy atom. The van der Waals surface area contributed by atoms with Gasteiger partial charge >= 0.3 is 0 Å². The van der Waals surface area contributed by atoms with E-state index in [0.29, 0.717) is 43.2 Å². The largest absolute Gasteiger partial charge is 0.493 e. The van der Waals surface area contributed by atoms with E-state index in [-0.39, 0.29) is 42.7 Å². The number of amides is 4. The molecule has 14 nitrogen and oxygen atoms in total. The van der Waals surface area contributed by atoms with Crippen molar-refractivity contribution in [1.29, 1.82) is 0 Å². The van der Waals surface area contributed by atoms with E-state index in [1.807, 2.05) is 47.1 Å². The number of likely N-dealkylation sites (tertiary alicyclic amines) is 1. The molecule has 5 heterocycles. The minimum atomic E-state index is -0.651. The van der Waals surface area contributed by atoms with Crippen LogP contribution in [-0.2, 0) is 27.5 Å². The number of carbonyl (C=O) groups excluding carboxylic acids is 4. The van der Waals surface area contributed by atoms with E-state index in [9.17, 15) is 19.2 Å². The first-order valence-electron chi connectivity index (χ1n) is 20.4. The van der Waals surface area contributed by atoms with Gasteiger partial charge in [0.2, 0.25) is 23.6 Å². The third-order valence-electron chi connectivity index (χ3n) is 11.1. The predicted octanol–water partition coefficient (Wildman–Crippen LogP) is 6.06. The SMILES string of the molecule is CC(C)c1cnn2c(NCc3ccc(NC(=O)CCCCCCCOc4cccc5c4CN(C4CCC(=O)NC4=O)C5=O)cc3)cc(OC3CCN(C)CC3)nc12. The number of hydrogen-bond acceptors (Lipinski definition) is 10. The highest BCUT2D eigenvalue weighted by Crippen LogP contribution is 2.34. The molecule has 2 aromatic carbocycles. The summed E-state index contributed by atoms with van der Waals surface area (Å²) in [5.41, 5.74) is 5.04. The normalized spacial score (nSPS) is 17.6. The molecule has 0 radical (unpaired) electrons. The number of nitrogens with one attached hydrogen (secondary N) is 3. The summed E-state index contributed by atoms with van der Waals surface area (Å²) in [6, 6.07) is 14.6. The fraction of sp³-hybridized carbons (Fsp3) is 0.488. The fourth-order valence-electron chi connectivity index (χ4n) is 7.74. The van der Waals surface area contributed by atoms with Crippen LogP contribution >= 0.6 is 0 Å². The Kier molecular flexibility index (Phi) is 12.7. The number of piperidine rings is 2. The second-order valence-electron chi connectivity index (χ2n) is 15.7. The van der Waals surface area contributed by atoms with Crippen LogP contribution in [0.4, 0.5) is 11.5 Å². The lowest BCUT2D eigenvalue weighted by molar-refractivity contribution is -0.137. The number of ether oxygens (including phenoxy) is 2. The summed E-state index contributed by atoms with van der Waals surface area (Å²) in [6.07, 6.45) is 9.52. The quantitative estimate of drug-likeness (QED) is 0.0850. The molecule has 3 aliphatic heterocycles. The van der Waals surface area contributed by atoms with Crippen molar-refractivity contribution in [3.8, 4) is 11.6 Å². The van der Waals surface area contributed by atoms with Crippen LogP contribution in [-0.4, -0.2) is 86.9 Å². The van der Waals surface area contributed by atoms with Gasteiger partial charge in [0.05, 0.1) is 19.3 Å².